The topological polar surface area (TPSA) is 65.4 Å². The molecule has 0 aliphatic heterocycles. The summed E-state index contributed by atoms with van der Waals surface area (Å²) in [6.45, 7) is 0.894. The van der Waals surface area contributed by atoms with Crippen LogP contribution >= 0.6 is 23.2 Å². The van der Waals surface area contributed by atoms with Gasteiger partial charge in [0, 0.05) is 34.1 Å². The first-order chi connectivity index (χ1) is 16.0. The molecule has 3 aromatic carbocycles. The summed E-state index contributed by atoms with van der Waals surface area (Å²) in [5, 5.41) is 4.16. The molecular formula is C25H23Cl2N3O3. The lowest BCUT2D eigenvalue weighted by atomic mass is 10.2. The van der Waals surface area contributed by atoms with Crippen molar-refractivity contribution in [1.82, 2.24) is 14.9 Å². The summed E-state index contributed by atoms with van der Waals surface area (Å²) in [7, 11) is 3.09. The molecule has 0 atom stereocenters. The monoisotopic (exact) mass is 483 g/mol. The minimum Gasteiger partial charge on any atom is -0.493 e. The lowest BCUT2D eigenvalue weighted by Gasteiger charge is -2.13. The van der Waals surface area contributed by atoms with Crippen LogP contribution in [-0.4, -0.2) is 36.2 Å². The van der Waals surface area contributed by atoms with Gasteiger partial charge < -0.3 is 19.4 Å². The first kappa shape index (κ1) is 23.0. The van der Waals surface area contributed by atoms with Gasteiger partial charge in [0.05, 0.1) is 31.8 Å². The van der Waals surface area contributed by atoms with Crippen molar-refractivity contribution < 1.29 is 14.3 Å². The van der Waals surface area contributed by atoms with Crippen molar-refractivity contribution in [2.75, 3.05) is 20.8 Å². The van der Waals surface area contributed by atoms with Crippen LogP contribution in [0.5, 0.6) is 11.5 Å². The zero-order chi connectivity index (χ0) is 23.4. The summed E-state index contributed by atoms with van der Waals surface area (Å²) in [6.07, 6.45) is 0.537. The number of para-hydroxylation sites is 2. The third kappa shape index (κ3) is 4.92. The van der Waals surface area contributed by atoms with E-state index in [0.717, 1.165) is 22.4 Å². The van der Waals surface area contributed by atoms with Gasteiger partial charge in [0.15, 0.2) is 11.5 Å². The summed E-state index contributed by atoms with van der Waals surface area (Å²) in [5.41, 5.74) is 3.18. The van der Waals surface area contributed by atoms with Crippen LogP contribution in [0, 0.1) is 0 Å². The number of imidazole rings is 1. The molecule has 4 aromatic rings. The molecule has 0 saturated carbocycles. The van der Waals surface area contributed by atoms with Gasteiger partial charge in [0.1, 0.15) is 5.82 Å². The number of carbonyl (C=O) groups excluding carboxylic acids is 1. The summed E-state index contributed by atoms with van der Waals surface area (Å²) in [6, 6.07) is 18.4. The summed E-state index contributed by atoms with van der Waals surface area (Å²) < 4.78 is 12.6. The Kier molecular flexibility index (Phi) is 7.06. The molecule has 0 radical (unpaired) electrons. The number of ether oxygens (including phenoxy) is 2. The molecule has 8 heteroatoms. The highest BCUT2D eigenvalue weighted by Gasteiger charge is 2.15. The number of carbonyl (C=O) groups is 1. The molecule has 1 amide bonds. The number of hydrogen-bond acceptors (Lipinski definition) is 4. The highest BCUT2D eigenvalue weighted by atomic mass is 35.5. The van der Waals surface area contributed by atoms with Crippen molar-refractivity contribution in [2.45, 2.75) is 13.0 Å². The van der Waals surface area contributed by atoms with Gasteiger partial charge in [-0.05, 0) is 42.5 Å². The van der Waals surface area contributed by atoms with Gasteiger partial charge in [0.2, 0.25) is 0 Å². The molecule has 1 N–H and O–H groups in total. The maximum absolute atomic E-state index is 12.7. The number of benzene rings is 3. The van der Waals surface area contributed by atoms with Crippen LogP contribution in [0.3, 0.4) is 0 Å². The minimum absolute atomic E-state index is 0.201. The quantitative estimate of drug-likeness (QED) is 0.365. The molecule has 0 fully saturated rings. The molecule has 1 aromatic heterocycles. The Bertz CT molecular complexity index is 1280. The number of hydrogen-bond donors (Lipinski definition) is 1. The minimum atomic E-state index is -0.201. The maximum Gasteiger partial charge on any atom is 0.251 e. The number of amides is 1. The van der Waals surface area contributed by atoms with E-state index in [2.05, 4.69) is 9.88 Å². The first-order valence-electron chi connectivity index (χ1n) is 10.4. The Labute approximate surface area is 202 Å². The lowest BCUT2D eigenvalue weighted by molar-refractivity contribution is 0.0953. The number of nitrogens with one attached hydrogen (secondary N) is 1. The number of nitrogens with zero attached hydrogens (tertiary/aromatic N) is 2. The number of methoxy groups -OCH3 is 2. The van der Waals surface area contributed by atoms with Crippen molar-refractivity contribution in [3.05, 3.63) is 87.7 Å². The largest absolute Gasteiger partial charge is 0.493 e. The molecule has 4 rings (SSSR count). The predicted molar refractivity (Wildman–Crippen MR) is 131 cm³/mol. The number of fused-ring (bicyclic) bond motifs is 1. The van der Waals surface area contributed by atoms with Crippen LogP contribution in [-0.2, 0) is 13.0 Å². The van der Waals surface area contributed by atoms with E-state index in [0.29, 0.717) is 46.6 Å². The second-order valence-electron chi connectivity index (χ2n) is 7.38. The van der Waals surface area contributed by atoms with Gasteiger partial charge in [0.25, 0.3) is 5.91 Å². The van der Waals surface area contributed by atoms with E-state index in [-0.39, 0.29) is 5.91 Å². The second-order valence-corrected chi connectivity index (χ2v) is 8.19. The molecular weight excluding hydrogens is 461 g/mol. The highest BCUT2D eigenvalue weighted by Crippen LogP contribution is 2.28. The van der Waals surface area contributed by atoms with Gasteiger partial charge in [-0.3, -0.25) is 4.79 Å². The van der Waals surface area contributed by atoms with Crippen molar-refractivity contribution in [1.29, 1.82) is 0 Å². The Morgan fingerprint density at radius 1 is 0.970 bits per heavy atom. The van der Waals surface area contributed by atoms with Gasteiger partial charge >= 0.3 is 0 Å². The maximum atomic E-state index is 12.7. The van der Waals surface area contributed by atoms with Crippen LogP contribution in [0.2, 0.25) is 10.0 Å². The molecule has 1 heterocycles. The first-order valence-corrected chi connectivity index (χ1v) is 11.1. The van der Waals surface area contributed by atoms with E-state index < -0.39 is 0 Å². The van der Waals surface area contributed by atoms with Gasteiger partial charge in [-0.25, -0.2) is 4.98 Å². The summed E-state index contributed by atoms with van der Waals surface area (Å²) >= 11 is 12.8. The van der Waals surface area contributed by atoms with Crippen molar-refractivity contribution in [2.24, 2.45) is 0 Å². The van der Waals surface area contributed by atoms with E-state index in [1.54, 1.807) is 25.3 Å². The Hall–Kier alpha value is -3.22. The Morgan fingerprint density at radius 2 is 1.70 bits per heavy atom. The fraction of sp³-hybridized carbons (Fsp3) is 0.200. The molecule has 0 spiro atoms. The number of halogens is 2. The van der Waals surface area contributed by atoms with Gasteiger partial charge in [-0.1, -0.05) is 41.4 Å². The third-order valence-corrected chi connectivity index (χ3v) is 6.10. The SMILES string of the molecule is COc1ccc(C(=O)NCCc2nc3ccccc3n2Cc2c(Cl)cccc2Cl)cc1OC. The van der Waals surface area contributed by atoms with E-state index in [9.17, 15) is 4.79 Å². The smallest absolute Gasteiger partial charge is 0.251 e. The number of aromatic nitrogens is 2. The molecule has 33 heavy (non-hydrogen) atoms. The van der Waals surface area contributed by atoms with Crippen molar-refractivity contribution in [3.63, 3.8) is 0 Å². The molecule has 0 aliphatic rings. The normalized spacial score (nSPS) is 10.9. The Balaban J connectivity index is 1.53. The van der Waals surface area contributed by atoms with Gasteiger partial charge in [-0.15, -0.1) is 0 Å². The molecule has 0 aliphatic carbocycles. The van der Waals surface area contributed by atoms with Crippen LogP contribution in [0.15, 0.2) is 60.7 Å². The Morgan fingerprint density at radius 3 is 2.42 bits per heavy atom. The van der Waals surface area contributed by atoms with Crippen molar-refractivity contribution in [3.8, 4) is 11.5 Å². The van der Waals surface area contributed by atoms with Crippen LogP contribution in [0.4, 0.5) is 0 Å². The van der Waals surface area contributed by atoms with Crippen molar-refractivity contribution >= 4 is 40.1 Å². The molecule has 0 saturated heterocycles. The van der Waals surface area contributed by atoms with Crippen LogP contribution in [0.1, 0.15) is 21.7 Å². The molecule has 0 unspecified atom stereocenters. The highest BCUT2D eigenvalue weighted by molar-refractivity contribution is 6.36. The standard InChI is InChI=1S/C25H23Cl2N3O3/c1-32-22-11-10-16(14-23(22)33-2)25(31)28-13-12-24-29-20-8-3-4-9-21(20)30(24)15-17-18(26)6-5-7-19(17)27/h3-11,14H,12-13,15H2,1-2H3,(H,28,31). The third-order valence-electron chi connectivity index (χ3n) is 5.39. The molecule has 6 nitrogen and oxygen atoms in total. The van der Waals surface area contributed by atoms with E-state index >= 15 is 0 Å². The number of rotatable bonds is 8. The van der Waals surface area contributed by atoms with Gasteiger partial charge in [-0.2, -0.15) is 0 Å². The lowest BCUT2D eigenvalue weighted by Crippen LogP contribution is -2.26. The summed E-state index contributed by atoms with van der Waals surface area (Å²) in [5.74, 6) is 1.71. The summed E-state index contributed by atoms with van der Waals surface area (Å²) in [4.78, 5) is 17.4. The van der Waals surface area contributed by atoms with E-state index in [1.165, 1.54) is 7.11 Å². The second kappa shape index (κ2) is 10.1. The predicted octanol–water partition coefficient (Wildman–Crippen LogP) is 5.38. The van der Waals surface area contributed by atoms with E-state index in [4.69, 9.17) is 37.7 Å². The average molecular weight is 484 g/mol. The molecule has 170 valence electrons. The van der Waals surface area contributed by atoms with Crippen LogP contribution in [0.25, 0.3) is 11.0 Å². The van der Waals surface area contributed by atoms with E-state index in [1.807, 2.05) is 42.5 Å². The van der Waals surface area contributed by atoms with Crippen LogP contribution < -0.4 is 14.8 Å². The average Bonchev–Trinajstić information content (AvgIpc) is 3.18. The zero-order valence-electron chi connectivity index (χ0n) is 18.3. The fourth-order valence-corrected chi connectivity index (χ4v) is 4.22. The zero-order valence-corrected chi connectivity index (χ0v) is 19.8. The molecule has 0 bridgehead atoms. The fourth-order valence-electron chi connectivity index (χ4n) is 3.70.